The van der Waals surface area contributed by atoms with Gasteiger partial charge in [-0.1, -0.05) is 6.07 Å². The summed E-state index contributed by atoms with van der Waals surface area (Å²) in [5, 5.41) is 11.2. The van der Waals surface area contributed by atoms with Gasteiger partial charge in [-0.15, -0.1) is 0 Å². The van der Waals surface area contributed by atoms with Crippen LogP contribution in [0.4, 0.5) is 0 Å². The van der Waals surface area contributed by atoms with E-state index in [1.54, 1.807) is 42.7 Å². The zero-order valence-electron chi connectivity index (χ0n) is 17.4. The maximum Gasteiger partial charge on any atom is 0.295 e. The first kappa shape index (κ1) is 20.9. The van der Waals surface area contributed by atoms with Crippen molar-refractivity contribution in [2.45, 2.75) is 25.0 Å². The second-order valence-electron chi connectivity index (χ2n) is 7.44. The van der Waals surface area contributed by atoms with Gasteiger partial charge in [-0.3, -0.25) is 14.6 Å². The summed E-state index contributed by atoms with van der Waals surface area (Å²) in [5.41, 5.74) is 0.886. The molecule has 2 aromatic rings. The van der Waals surface area contributed by atoms with Gasteiger partial charge in [0, 0.05) is 25.5 Å². The number of carbonyl (C=O) groups is 2. The molecular formula is C23H24N2O6. The van der Waals surface area contributed by atoms with E-state index in [1.165, 1.54) is 19.1 Å². The Hall–Kier alpha value is -3.39. The molecule has 1 aromatic heterocycles. The van der Waals surface area contributed by atoms with Crippen LogP contribution in [-0.4, -0.2) is 60.2 Å². The lowest BCUT2D eigenvalue weighted by molar-refractivity contribution is -0.140. The van der Waals surface area contributed by atoms with Gasteiger partial charge in [-0.05, 0) is 42.7 Å². The van der Waals surface area contributed by atoms with E-state index >= 15 is 0 Å². The minimum Gasteiger partial charge on any atom is -0.507 e. The first-order valence-electron chi connectivity index (χ1n) is 10.1. The third-order valence-corrected chi connectivity index (χ3v) is 5.63. The summed E-state index contributed by atoms with van der Waals surface area (Å²) < 4.78 is 16.3. The van der Waals surface area contributed by atoms with Crippen LogP contribution >= 0.6 is 0 Å². The van der Waals surface area contributed by atoms with Gasteiger partial charge in [0.15, 0.2) is 0 Å². The lowest BCUT2D eigenvalue weighted by atomic mass is 9.95. The molecule has 2 atom stereocenters. The van der Waals surface area contributed by atoms with Crippen molar-refractivity contribution in [2.75, 3.05) is 27.4 Å². The zero-order valence-corrected chi connectivity index (χ0v) is 17.4. The van der Waals surface area contributed by atoms with E-state index in [1.807, 2.05) is 0 Å². The maximum atomic E-state index is 13.1. The van der Waals surface area contributed by atoms with Crippen molar-refractivity contribution in [1.29, 1.82) is 0 Å². The van der Waals surface area contributed by atoms with Crippen molar-refractivity contribution < 1.29 is 28.9 Å². The van der Waals surface area contributed by atoms with Gasteiger partial charge in [-0.2, -0.15) is 0 Å². The number of rotatable bonds is 6. The van der Waals surface area contributed by atoms with Gasteiger partial charge < -0.3 is 24.2 Å². The molecule has 31 heavy (non-hydrogen) atoms. The number of hydrogen-bond donors (Lipinski definition) is 1. The third kappa shape index (κ3) is 3.86. The fourth-order valence-electron chi connectivity index (χ4n) is 4.10. The average Bonchev–Trinajstić information content (AvgIpc) is 3.41. The molecule has 2 aliphatic rings. The van der Waals surface area contributed by atoms with E-state index in [-0.39, 0.29) is 29.5 Å². The van der Waals surface area contributed by atoms with E-state index in [0.717, 1.165) is 12.8 Å². The molecule has 0 aliphatic carbocycles. The van der Waals surface area contributed by atoms with Gasteiger partial charge in [0.1, 0.15) is 17.3 Å². The number of aromatic nitrogens is 1. The van der Waals surface area contributed by atoms with E-state index in [0.29, 0.717) is 23.7 Å². The monoisotopic (exact) mass is 424 g/mol. The van der Waals surface area contributed by atoms with E-state index in [9.17, 15) is 14.7 Å². The van der Waals surface area contributed by atoms with Crippen molar-refractivity contribution in [3.05, 3.63) is 59.4 Å². The second kappa shape index (κ2) is 8.77. The van der Waals surface area contributed by atoms with Crippen molar-refractivity contribution in [3.63, 3.8) is 0 Å². The van der Waals surface area contributed by atoms with Gasteiger partial charge >= 0.3 is 0 Å². The summed E-state index contributed by atoms with van der Waals surface area (Å²) >= 11 is 0. The zero-order chi connectivity index (χ0) is 22.0. The summed E-state index contributed by atoms with van der Waals surface area (Å²) in [5.74, 6) is -0.915. The number of benzene rings is 1. The molecule has 3 heterocycles. The van der Waals surface area contributed by atoms with Gasteiger partial charge in [0.25, 0.3) is 11.7 Å². The lowest BCUT2D eigenvalue weighted by Crippen LogP contribution is -2.36. The topological polar surface area (TPSA) is 98.2 Å². The Balaban J connectivity index is 1.86. The molecule has 0 bridgehead atoms. The molecule has 162 valence electrons. The van der Waals surface area contributed by atoms with E-state index in [4.69, 9.17) is 14.2 Å². The molecule has 0 spiro atoms. The fourth-order valence-corrected chi connectivity index (χ4v) is 4.10. The molecule has 8 nitrogen and oxygen atoms in total. The van der Waals surface area contributed by atoms with Crippen LogP contribution in [0, 0.1) is 0 Å². The highest BCUT2D eigenvalue weighted by atomic mass is 16.5. The molecule has 2 unspecified atom stereocenters. The quantitative estimate of drug-likeness (QED) is 0.432. The number of pyridine rings is 1. The van der Waals surface area contributed by atoms with E-state index < -0.39 is 17.7 Å². The first-order valence-corrected chi connectivity index (χ1v) is 10.1. The Morgan fingerprint density at radius 1 is 1.26 bits per heavy atom. The van der Waals surface area contributed by atoms with Crippen molar-refractivity contribution in [2.24, 2.45) is 0 Å². The molecule has 2 aliphatic heterocycles. The van der Waals surface area contributed by atoms with Crippen molar-refractivity contribution in [1.82, 2.24) is 9.88 Å². The summed E-state index contributed by atoms with van der Waals surface area (Å²) in [7, 11) is 2.97. The van der Waals surface area contributed by atoms with Crippen LogP contribution in [0.15, 0.2) is 48.3 Å². The summed E-state index contributed by atoms with van der Waals surface area (Å²) in [6.07, 6.45) is 4.78. The number of carbonyl (C=O) groups excluding carboxylic acids is 2. The predicted octanol–water partition coefficient (Wildman–Crippen LogP) is 2.70. The molecule has 0 radical (unpaired) electrons. The average molecular weight is 424 g/mol. The number of nitrogens with zero attached hydrogens (tertiary/aromatic N) is 2. The smallest absolute Gasteiger partial charge is 0.295 e. The van der Waals surface area contributed by atoms with Crippen LogP contribution in [0.1, 0.15) is 30.0 Å². The highest BCUT2D eigenvalue weighted by Crippen LogP contribution is 2.41. The molecule has 0 saturated carbocycles. The summed E-state index contributed by atoms with van der Waals surface area (Å²) in [6, 6.07) is 7.62. The number of ether oxygens (including phenoxy) is 3. The summed E-state index contributed by atoms with van der Waals surface area (Å²) in [6.45, 7) is 0.892. The molecule has 1 N–H and O–H groups in total. The number of likely N-dealkylation sites (tertiary alicyclic amines) is 1. The van der Waals surface area contributed by atoms with Crippen LogP contribution in [0.3, 0.4) is 0 Å². The minimum atomic E-state index is -0.784. The summed E-state index contributed by atoms with van der Waals surface area (Å²) in [4.78, 5) is 31.7. The fraction of sp³-hybridized carbons (Fsp3) is 0.348. The molecule has 2 saturated heterocycles. The highest BCUT2D eigenvalue weighted by Gasteiger charge is 2.47. The Morgan fingerprint density at radius 2 is 2.10 bits per heavy atom. The highest BCUT2D eigenvalue weighted by molar-refractivity contribution is 6.46. The Kier molecular flexibility index (Phi) is 5.90. The number of hydrogen-bond acceptors (Lipinski definition) is 7. The standard InChI is InChI=1S/C23H24N2O6/c1-29-15-7-8-18(30-2)17(11-15)21(26)19-20(14-5-3-9-24-12-14)25(23(28)22(19)27)13-16-6-4-10-31-16/h3,5,7-9,11-12,16,20,26H,4,6,10,13H2,1-2H3/b21-19+. The van der Waals surface area contributed by atoms with E-state index in [2.05, 4.69) is 4.98 Å². The number of methoxy groups -OCH3 is 2. The molecule has 1 amide bonds. The third-order valence-electron chi connectivity index (χ3n) is 5.63. The first-order chi connectivity index (χ1) is 15.0. The molecular weight excluding hydrogens is 400 g/mol. The lowest BCUT2D eigenvalue weighted by Gasteiger charge is -2.27. The number of aliphatic hydroxyl groups is 1. The number of aliphatic hydroxyl groups excluding tert-OH is 1. The van der Waals surface area contributed by atoms with Gasteiger partial charge in [0.2, 0.25) is 0 Å². The van der Waals surface area contributed by atoms with Crippen molar-refractivity contribution >= 4 is 17.4 Å². The number of ketones is 1. The van der Waals surface area contributed by atoms with Crippen LogP contribution < -0.4 is 9.47 Å². The minimum absolute atomic E-state index is 0.0115. The van der Waals surface area contributed by atoms with Gasteiger partial charge in [0.05, 0.1) is 37.5 Å². The molecule has 2 fully saturated rings. The second-order valence-corrected chi connectivity index (χ2v) is 7.44. The normalized spacial score (nSPS) is 22.7. The van der Waals surface area contributed by atoms with Crippen LogP contribution in [-0.2, 0) is 14.3 Å². The molecule has 1 aromatic carbocycles. The van der Waals surface area contributed by atoms with Crippen LogP contribution in [0.2, 0.25) is 0 Å². The Morgan fingerprint density at radius 3 is 2.74 bits per heavy atom. The number of Topliss-reactive ketones (excluding diaryl/α,β-unsaturated/α-hetero) is 1. The SMILES string of the molecule is COc1ccc(OC)c(/C(O)=C2\C(=O)C(=O)N(CC3CCCO3)C2c2cccnc2)c1. The Labute approximate surface area is 180 Å². The largest absolute Gasteiger partial charge is 0.507 e. The molecule has 8 heteroatoms. The van der Waals surface area contributed by atoms with Gasteiger partial charge in [-0.25, -0.2) is 0 Å². The molecule has 4 rings (SSSR count). The van der Waals surface area contributed by atoms with Crippen molar-refractivity contribution in [3.8, 4) is 11.5 Å². The Bertz CT molecular complexity index is 1010. The predicted molar refractivity (Wildman–Crippen MR) is 112 cm³/mol. The number of amides is 1. The van der Waals surface area contributed by atoms with Crippen LogP contribution in [0.25, 0.3) is 5.76 Å². The van der Waals surface area contributed by atoms with Crippen LogP contribution in [0.5, 0.6) is 11.5 Å². The maximum absolute atomic E-state index is 13.1.